The molecule has 0 fully saturated rings. The lowest BCUT2D eigenvalue weighted by molar-refractivity contribution is -0.384. The van der Waals surface area contributed by atoms with Gasteiger partial charge < -0.3 is 0 Å². The Kier molecular flexibility index (Phi) is 3.67. The highest BCUT2D eigenvalue weighted by Gasteiger charge is 2.30. The van der Waals surface area contributed by atoms with Crippen LogP contribution in [0.2, 0.25) is 5.02 Å². The van der Waals surface area contributed by atoms with Gasteiger partial charge in [-0.3, -0.25) is 10.1 Å². The first-order chi connectivity index (χ1) is 9.27. The molecule has 7 heteroatoms. The lowest BCUT2D eigenvalue weighted by Gasteiger charge is -2.09. The van der Waals surface area contributed by atoms with Gasteiger partial charge in [0.15, 0.2) is 0 Å². The van der Waals surface area contributed by atoms with Crippen LogP contribution in [0.15, 0.2) is 42.5 Å². The molecular weight excluding hydrogens is 295 g/mol. The zero-order chi connectivity index (χ0) is 14.9. The first kappa shape index (κ1) is 14.3. The van der Waals surface area contributed by atoms with E-state index < -0.39 is 16.7 Å². The molecule has 104 valence electrons. The van der Waals surface area contributed by atoms with E-state index in [1.807, 2.05) is 0 Å². The molecule has 0 radical (unpaired) electrons. The fourth-order valence-electron chi connectivity index (χ4n) is 1.72. The van der Waals surface area contributed by atoms with Gasteiger partial charge >= 0.3 is 6.18 Å². The van der Waals surface area contributed by atoms with Crippen molar-refractivity contribution in [3.63, 3.8) is 0 Å². The monoisotopic (exact) mass is 301 g/mol. The van der Waals surface area contributed by atoms with Gasteiger partial charge in [0, 0.05) is 17.2 Å². The molecule has 20 heavy (non-hydrogen) atoms. The largest absolute Gasteiger partial charge is 0.416 e. The Balaban J connectivity index is 2.54. The molecule has 0 aromatic heterocycles. The number of nitro benzene ring substituents is 1. The number of non-ortho nitro benzene ring substituents is 1. The van der Waals surface area contributed by atoms with Crippen molar-refractivity contribution >= 4 is 17.3 Å². The molecule has 0 bridgehead atoms. The quantitative estimate of drug-likeness (QED) is 0.583. The van der Waals surface area contributed by atoms with E-state index in [-0.39, 0.29) is 21.8 Å². The molecule has 0 unspecified atom stereocenters. The van der Waals surface area contributed by atoms with E-state index in [1.54, 1.807) is 0 Å². The van der Waals surface area contributed by atoms with Crippen LogP contribution in [0.5, 0.6) is 0 Å². The fourth-order valence-corrected chi connectivity index (χ4v) is 1.95. The molecule has 0 aliphatic carbocycles. The van der Waals surface area contributed by atoms with E-state index in [4.69, 9.17) is 11.6 Å². The molecule has 2 aromatic carbocycles. The molecule has 0 atom stereocenters. The van der Waals surface area contributed by atoms with E-state index >= 15 is 0 Å². The van der Waals surface area contributed by atoms with Crippen molar-refractivity contribution in [2.24, 2.45) is 0 Å². The molecule has 0 amide bonds. The van der Waals surface area contributed by atoms with Crippen molar-refractivity contribution in [3.8, 4) is 11.1 Å². The lowest BCUT2D eigenvalue weighted by atomic mass is 10.0. The van der Waals surface area contributed by atoms with E-state index in [1.165, 1.54) is 24.3 Å². The summed E-state index contributed by atoms with van der Waals surface area (Å²) in [7, 11) is 0. The molecule has 3 nitrogen and oxygen atoms in total. The average molecular weight is 302 g/mol. The van der Waals surface area contributed by atoms with Gasteiger partial charge in [0.2, 0.25) is 0 Å². The Labute approximate surface area is 116 Å². The molecule has 2 aromatic rings. The van der Waals surface area contributed by atoms with Gasteiger partial charge in [-0.15, -0.1) is 0 Å². The maximum Gasteiger partial charge on any atom is 0.416 e. The molecular formula is C13H7ClF3NO2. The van der Waals surface area contributed by atoms with E-state index in [0.717, 1.165) is 18.2 Å². The number of alkyl halides is 3. The first-order valence-electron chi connectivity index (χ1n) is 5.40. The second kappa shape index (κ2) is 5.13. The Bertz CT molecular complexity index is 671. The smallest absolute Gasteiger partial charge is 0.258 e. The summed E-state index contributed by atoms with van der Waals surface area (Å²) in [6.45, 7) is 0. The number of halogens is 4. The highest BCUT2D eigenvalue weighted by molar-refractivity contribution is 6.31. The molecule has 0 heterocycles. The highest BCUT2D eigenvalue weighted by atomic mass is 35.5. The minimum Gasteiger partial charge on any atom is -0.258 e. The highest BCUT2D eigenvalue weighted by Crippen LogP contribution is 2.34. The van der Waals surface area contributed by atoms with Crippen LogP contribution in [-0.2, 0) is 6.18 Å². The van der Waals surface area contributed by atoms with Crippen LogP contribution >= 0.6 is 11.6 Å². The summed E-state index contributed by atoms with van der Waals surface area (Å²) >= 11 is 5.75. The molecule has 0 spiro atoms. The summed E-state index contributed by atoms with van der Waals surface area (Å²) in [6, 6.07) is 8.23. The lowest BCUT2D eigenvalue weighted by Crippen LogP contribution is -2.04. The van der Waals surface area contributed by atoms with E-state index in [0.29, 0.717) is 0 Å². The maximum absolute atomic E-state index is 12.6. The summed E-state index contributed by atoms with van der Waals surface area (Å²) < 4.78 is 37.9. The maximum atomic E-state index is 12.6. The van der Waals surface area contributed by atoms with Crippen molar-refractivity contribution < 1.29 is 18.1 Å². The van der Waals surface area contributed by atoms with Crippen molar-refractivity contribution in [3.05, 3.63) is 63.2 Å². The summed E-state index contributed by atoms with van der Waals surface area (Å²) in [5.41, 5.74) is -0.622. The molecule has 2 rings (SSSR count). The Hall–Kier alpha value is -2.08. The van der Waals surface area contributed by atoms with Gasteiger partial charge in [-0.1, -0.05) is 23.7 Å². The number of hydrogen-bond acceptors (Lipinski definition) is 2. The number of hydrogen-bond donors (Lipinski definition) is 0. The van der Waals surface area contributed by atoms with Gasteiger partial charge in [0.25, 0.3) is 5.69 Å². The number of nitro groups is 1. The third-order valence-electron chi connectivity index (χ3n) is 2.62. The van der Waals surface area contributed by atoms with Gasteiger partial charge in [0.05, 0.1) is 10.5 Å². The molecule has 0 aliphatic heterocycles. The van der Waals surface area contributed by atoms with E-state index in [2.05, 4.69) is 0 Å². The van der Waals surface area contributed by atoms with Crippen LogP contribution in [0, 0.1) is 10.1 Å². The van der Waals surface area contributed by atoms with Crippen molar-refractivity contribution in [2.45, 2.75) is 6.18 Å². The summed E-state index contributed by atoms with van der Waals surface area (Å²) in [6.07, 6.45) is -4.47. The summed E-state index contributed by atoms with van der Waals surface area (Å²) in [5.74, 6) is 0. The number of nitrogens with zero attached hydrogens (tertiary/aromatic N) is 1. The Morgan fingerprint density at radius 3 is 2.35 bits per heavy atom. The first-order valence-corrected chi connectivity index (χ1v) is 5.78. The van der Waals surface area contributed by atoms with Crippen LogP contribution < -0.4 is 0 Å². The van der Waals surface area contributed by atoms with Crippen molar-refractivity contribution in [2.75, 3.05) is 0 Å². The second-order valence-electron chi connectivity index (χ2n) is 4.03. The standard InChI is InChI=1S/C13H7ClF3NO2/c14-11-5-9(6-12(7-11)18(19)20)8-2-1-3-10(4-8)13(15,16)17/h1-7H. The fraction of sp³-hybridized carbons (Fsp3) is 0.0769. The van der Waals surface area contributed by atoms with Crippen molar-refractivity contribution in [1.82, 2.24) is 0 Å². The van der Waals surface area contributed by atoms with Gasteiger partial charge in [-0.25, -0.2) is 0 Å². The predicted octanol–water partition coefficient (Wildman–Crippen LogP) is 4.93. The minimum absolute atomic E-state index is 0.0895. The molecule has 0 saturated carbocycles. The average Bonchev–Trinajstić information content (AvgIpc) is 2.37. The van der Waals surface area contributed by atoms with Crippen LogP contribution in [0.3, 0.4) is 0 Å². The number of benzene rings is 2. The van der Waals surface area contributed by atoms with E-state index in [9.17, 15) is 23.3 Å². The SMILES string of the molecule is O=[N+]([O-])c1cc(Cl)cc(-c2cccc(C(F)(F)F)c2)c1. The van der Waals surface area contributed by atoms with Crippen LogP contribution in [0.4, 0.5) is 18.9 Å². The summed E-state index contributed by atoms with van der Waals surface area (Å²) in [5, 5.41) is 10.8. The normalized spacial score (nSPS) is 11.4. The number of rotatable bonds is 2. The third-order valence-corrected chi connectivity index (χ3v) is 2.83. The molecule has 0 N–H and O–H groups in total. The Morgan fingerprint density at radius 1 is 1.05 bits per heavy atom. The zero-order valence-corrected chi connectivity index (χ0v) is 10.6. The van der Waals surface area contributed by atoms with Gasteiger partial charge in [-0.2, -0.15) is 13.2 Å². The molecule has 0 aliphatic rings. The predicted molar refractivity (Wildman–Crippen MR) is 68.5 cm³/mol. The van der Waals surface area contributed by atoms with Crippen LogP contribution in [0.1, 0.15) is 5.56 Å². The van der Waals surface area contributed by atoms with Crippen LogP contribution in [0.25, 0.3) is 11.1 Å². The van der Waals surface area contributed by atoms with Crippen LogP contribution in [-0.4, -0.2) is 4.92 Å². The van der Waals surface area contributed by atoms with Gasteiger partial charge in [0.1, 0.15) is 0 Å². The molecule has 0 saturated heterocycles. The van der Waals surface area contributed by atoms with Gasteiger partial charge in [-0.05, 0) is 29.3 Å². The van der Waals surface area contributed by atoms with Crippen molar-refractivity contribution in [1.29, 1.82) is 0 Å². The second-order valence-corrected chi connectivity index (χ2v) is 4.47. The minimum atomic E-state index is -4.47. The Morgan fingerprint density at radius 2 is 1.75 bits per heavy atom. The topological polar surface area (TPSA) is 43.1 Å². The third kappa shape index (κ3) is 3.08. The zero-order valence-electron chi connectivity index (χ0n) is 9.82. The summed E-state index contributed by atoms with van der Waals surface area (Å²) in [4.78, 5) is 10.1.